The first-order chi connectivity index (χ1) is 9.58. The van der Waals surface area contributed by atoms with E-state index in [2.05, 4.69) is 29.1 Å². The number of amides is 1. The Morgan fingerprint density at radius 1 is 1.50 bits per heavy atom. The predicted molar refractivity (Wildman–Crippen MR) is 86.7 cm³/mol. The second-order valence-corrected chi connectivity index (χ2v) is 7.78. The van der Waals surface area contributed by atoms with Crippen molar-refractivity contribution in [3.63, 3.8) is 0 Å². The lowest BCUT2D eigenvalue weighted by atomic mass is 10.0. The summed E-state index contributed by atoms with van der Waals surface area (Å²) in [4.78, 5) is 18.6. The lowest BCUT2D eigenvalue weighted by Crippen LogP contribution is -2.55. The van der Waals surface area contributed by atoms with Gasteiger partial charge in [0.1, 0.15) is 4.38 Å². The molecular weight excluding hydrogens is 294 g/mol. The normalized spacial score (nSPS) is 20.8. The van der Waals surface area contributed by atoms with Crippen molar-refractivity contribution >= 4 is 33.8 Å². The van der Waals surface area contributed by atoms with Gasteiger partial charge in [0.2, 0.25) is 5.91 Å². The molecule has 7 heteroatoms. The predicted octanol–water partition coefficient (Wildman–Crippen LogP) is 1.05. The lowest BCUT2D eigenvalue weighted by Gasteiger charge is -2.40. The maximum Gasteiger partial charge on any atom is 0.230 e. The van der Waals surface area contributed by atoms with Gasteiger partial charge in [-0.3, -0.25) is 14.7 Å². The number of carbonyl (C=O) groups is 1. The molecule has 0 aliphatic carbocycles. The Morgan fingerprint density at radius 3 is 2.90 bits per heavy atom. The van der Waals surface area contributed by atoms with Crippen LogP contribution in [0.25, 0.3) is 0 Å². The van der Waals surface area contributed by atoms with E-state index >= 15 is 0 Å². The maximum atomic E-state index is 11.9. The Bertz CT molecular complexity index is 369. The van der Waals surface area contributed by atoms with Crippen LogP contribution in [0.4, 0.5) is 0 Å². The zero-order valence-corrected chi connectivity index (χ0v) is 13.8. The SMILES string of the molecule is CC(C)(CNC(=O)CSC1=NCCS1)N1CCOCC1. The van der Waals surface area contributed by atoms with Crippen LogP contribution in [0.5, 0.6) is 0 Å². The summed E-state index contributed by atoms with van der Waals surface area (Å²) in [6, 6.07) is 0. The third-order valence-corrected chi connectivity index (χ3v) is 5.72. The zero-order chi connectivity index (χ0) is 14.4. The molecule has 2 aliphatic rings. The summed E-state index contributed by atoms with van der Waals surface area (Å²) < 4.78 is 6.42. The topological polar surface area (TPSA) is 53.9 Å². The Morgan fingerprint density at radius 2 is 2.25 bits per heavy atom. The number of thioether (sulfide) groups is 2. The fourth-order valence-corrected chi connectivity index (χ4v) is 4.02. The molecule has 1 N–H and O–H groups in total. The van der Waals surface area contributed by atoms with Crippen molar-refractivity contribution in [2.75, 3.05) is 50.9 Å². The van der Waals surface area contributed by atoms with Crippen molar-refractivity contribution in [2.24, 2.45) is 4.99 Å². The molecule has 114 valence electrons. The number of nitrogens with one attached hydrogen (secondary N) is 1. The Labute approximate surface area is 129 Å². The minimum atomic E-state index is -0.0241. The van der Waals surface area contributed by atoms with Crippen LogP contribution in [-0.4, -0.2) is 71.6 Å². The molecule has 20 heavy (non-hydrogen) atoms. The summed E-state index contributed by atoms with van der Waals surface area (Å²) in [6.45, 7) is 9.33. The largest absolute Gasteiger partial charge is 0.379 e. The van der Waals surface area contributed by atoms with Gasteiger partial charge in [-0.05, 0) is 13.8 Å². The average Bonchev–Trinajstić information content (AvgIpc) is 2.97. The van der Waals surface area contributed by atoms with Gasteiger partial charge in [-0.2, -0.15) is 0 Å². The van der Waals surface area contributed by atoms with Crippen molar-refractivity contribution in [1.29, 1.82) is 0 Å². The number of carbonyl (C=O) groups excluding carboxylic acids is 1. The number of rotatable bonds is 5. The summed E-state index contributed by atoms with van der Waals surface area (Å²) >= 11 is 3.29. The molecule has 2 heterocycles. The molecule has 2 aliphatic heterocycles. The molecule has 0 unspecified atom stereocenters. The van der Waals surface area contributed by atoms with Gasteiger partial charge in [0.05, 0.1) is 25.5 Å². The van der Waals surface area contributed by atoms with Crippen molar-refractivity contribution in [2.45, 2.75) is 19.4 Å². The van der Waals surface area contributed by atoms with E-state index in [4.69, 9.17) is 4.74 Å². The van der Waals surface area contributed by atoms with Crippen LogP contribution in [-0.2, 0) is 9.53 Å². The van der Waals surface area contributed by atoms with Gasteiger partial charge in [-0.1, -0.05) is 23.5 Å². The minimum Gasteiger partial charge on any atom is -0.379 e. The first kappa shape index (κ1) is 16.1. The summed E-state index contributed by atoms with van der Waals surface area (Å²) in [5.74, 6) is 1.60. The molecule has 0 aromatic carbocycles. The van der Waals surface area contributed by atoms with Crippen molar-refractivity contribution in [1.82, 2.24) is 10.2 Å². The summed E-state index contributed by atoms with van der Waals surface area (Å²) in [5, 5.41) is 3.04. The van der Waals surface area contributed by atoms with Crippen LogP contribution in [0.3, 0.4) is 0 Å². The van der Waals surface area contributed by atoms with E-state index < -0.39 is 0 Å². The highest BCUT2D eigenvalue weighted by molar-refractivity contribution is 8.39. The smallest absolute Gasteiger partial charge is 0.230 e. The van der Waals surface area contributed by atoms with E-state index in [1.807, 2.05) is 0 Å². The number of ether oxygens (including phenoxy) is 1. The molecule has 0 atom stereocenters. The maximum absolute atomic E-state index is 11.9. The molecule has 0 bridgehead atoms. The molecule has 2 rings (SSSR count). The van der Waals surface area contributed by atoms with Crippen molar-refractivity contribution in [3.05, 3.63) is 0 Å². The van der Waals surface area contributed by atoms with Crippen LogP contribution in [0.15, 0.2) is 4.99 Å². The van der Waals surface area contributed by atoms with Gasteiger partial charge < -0.3 is 10.1 Å². The van der Waals surface area contributed by atoms with E-state index in [9.17, 15) is 4.79 Å². The van der Waals surface area contributed by atoms with E-state index in [0.717, 1.165) is 43.0 Å². The third kappa shape index (κ3) is 4.95. The Kier molecular flexibility index (Phi) is 6.20. The first-order valence-electron chi connectivity index (χ1n) is 6.97. The number of morpholine rings is 1. The van der Waals surface area contributed by atoms with Gasteiger partial charge in [-0.25, -0.2) is 0 Å². The van der Waals surface area contributed by atoms with Crippen molar-refractivity contribution in [3.8, 4) is 0 Å². The van der Waals surface area contributed by atoms with Crippen LogP contribution in [0.1, 0.15) is 13.8 Å². The summed E-state index contributed by atoms with van der Waals surface area (Å²) in [7, 11) is 0. The highest BCUT2D eigenvalue weighted by Gasteiger charge is 2.28. The second kappa shape index (κ2) is 7.68. The molecule has 1 amide bonds. The number of nitrogens with zero attached hydrogens (tertiary/aromatic N) is 2. The quantitative estimate of drug-likeness (QED) is 0.821. The molecule has 0 spiro atoms. The molecule has 0 radical (unpaired) electrons. The van der Waals surface area contributed by atoms with Crippen LogP contribution in [0, 0.1) is 0 Å². The third-order valence-electron chi connectivity index (χ3n) is 3.47. The second-order valence-electron chi connectivity index (χ2n) is 5.47. The van der Waals surface area contributed by atoms with Crippen LogP contribution in [0.2, 0.25) is 0 Å². The summed E-state index contributed by atoms with van der Waals surface area (Å²) in [6.07, 6.45) is 0. The molecule has 1 fully saturated rings. The zero-order valence-electron chi connectivity index (χ0n) is 12.2. The number of aliphatic imine (C=N–C) groups is 1. The van der Waals surface area contributed by atoms with Gasteiger partial charge in [0.15, 0.2) is 0 Å². The number of hydrogen-bond acceptors (Lipinski definition) is 6. The lowest BCUT2D eigenvalue weighted by molar-refractivity contribution is -0.119. The van der Waals surface area contributed by atoms with Gasteiger partial charge in [0, 0.05) is 30.9 Å². The van der Waals surface area contributed by atoms with E-state index in [0.29, 0.717) is 12.3 Å². The van der Waals surface area contributed by atoms with E-state index in [1.165, 1.54) is 0 Å². The van der Waals surface area contributed by atoms with Gasteiger partial charge in [-0.15, -0.1) is 0 Å². The molecular formula is C13H23N3O2S2. The van der Waals surface area contributed by atoms with Gasteiger partial charge in [0.25, 0.3) is 0 Å². The highest BCUT2D eigenvalue weighted by Crippen LogP contribution is 2.21. The van der Waals surface area contributed by atoms with Crippen LogP contribution >= 0.6 is 23.5 Å². The van der Waals surface area contributed by atoms with Crippen LogP contribution < -0.4 is 5.32 Å². The molecule has 1 saturated heterocycles. The molecule has 0 aromatic heterocycles. The monoisotopic (exact) mass is 317 g/mol. The molecule has 5 nitrogen and oxygen atoms in total. The van der Waals surface area contributed by atoms with Crippen molar-refractivity contribution < 1.29 is 9.53 Å². The van der Waals surface area contributed by atoms with E-state index in [-0.39, 0.29) is 11.4 Å². The first-order valence-corrected chi connectivity index (χ1v) is 8.94. The molecule has 0 saturated carbocycles. The van der Waals surface area contributed by atoms with E-state index in [1.54, 1.807) is 23.5 Å². The minimum absolute atomic E-state index is 0.0241. The molecule has 0 aromatic rings. The Balaban J connectivity index is 1.68. The standard InChI is InChI=1S/C13H23N3O2S2/c1-13(2,16-4-6-18-7-5-16)10-15-11(17)9-20-12-14-3-8-19-12/h3-10H2,1-2H3,(H,15,17). The van der Waals surface area contributed by atoms with Gasteiger partial charge >= 0.3 is 0 Å². The summed E-state index contributed by atoms with van der Waals surface area (Å²) in [5.41, 5.74) is -0.0241. The number of hydrogen-bond donors (Lipinski definition) is 1. The highest BCUT2D eigenvalue weighted by atomic mass is 32.2. The fourth-order valence-electron chi connectivity index (χ4n) is 2.18. The average molecular weight is 317 g/mol. The fraction of sp³-hybridized carbons (Fsp3) is 0.846. The Hall–Kier alpha value is -0.240.